The molecule has 0 fully saturated rings. The maximum Gasteiger partial charge on any atom is 0.271 e. The predicted octanol–water partition coefficient (Wildman–Crippen LogP) is 1.33. The summed E-state index contributed by atoms with van der Waals surface area (Å²) in [6.07, 6.45) is 0. The number of hydrogen-bond acceptors (Lipinski definition) is 2. The maximum absolute atomic E-state index is 8.90. The van der Waals surface area contributed by atoms with Crippen LogP contribution < -0.4 is 0 Å². The van der Waals surface area contributed by atoms with E-state index in [4.69, 9.17) is 21.8 Å². The molecule has 0 radical (unpaired) electrons. The molecule has 0 spiro atoms. The van der Waals surface area contributed by atoms with Crippen molar-refractivity contribution in [2.45, 2.75) is 12.2 Å². The zero-order valence-electron chi connectivity index (χ0n) is 6.08. The molecule has 1 aromatic carbocycles. The minimum absolute atomic E-state index is 0.282. The first-order valence-corrected chi connectivity index (χ1v) is 3.59. The highest BCUT2D eigenvalue weighted by atomic mass is 35.5. The van der Waals surface area contributed by atoms with Crippen molar-refractivity contribution in [3.05, 3.63) is 35.4 Å². The van der Waals surface area contributed by atoms with E-state index < -0.39 is 5.25 Å². The molecule has 0 aliphatic rings. The van der Waals surface area contributed by atoms with Crippen LogP contribution in [-0.2, 0) is 5.25 Å². The molecule has 0 heterocycles. The third-order valence-corrected chi connectivity index (χ3v) is 1.64. The van der Waals surface area contributed by atoms with Crippen LogP contribution in [0.4, 0.5) is 0 Å². The zero-order valence-corrected chi connectivity index (χ0v) is 6.84. The Morgan fingerprint density at radius 1 is 1.18 bits per heavy atom. The molecule has 0 atom stereocenters. The van der Waals surface area contributed by atoms with Gasteiger partial charge in [-0.15, -0.1) is 0 Å². The number of alkyl halides is 1. The van der Waals surface area contributed by atoms with Crippen LogP contribution in [0.3, 0.4) is 0 Å². The smallest absolute Gasteiger partial charge is 0.271 e. The van der Waals surface area contributed by atoms with E-state index in [1.165, 1.54) is 0 Å². The van der Waals surface area contributed by atoms with Gasteiger partial charge in [0, 0.05) is 5.56 Å². The van der Waals surface area contributed by atoms with Crippen LogP contribution in [0.15, 0.2) is 24.3 Å². The van der Waals surface area contributed by atoms with Crippen LogP contribution in [0, 0.1) is 6.92 Å². The number of aryl methyl sites for hydroxylation is 1. The Bertz CT molecular complexity index is 235. The molecule has 60 valence electrons. The molecular weight excluding hydrogens is 164 g/mol. The fourth-order valence-electron chi connectivity index (χ4n) is 0.766. The van der Waals surface area contributed by atoms with Crippen molar-refractivity contribution in [2.75, 3.05) is 0 Å². The first kappa shape index (κ1) is 8.53. The van der Waals surface area contributed by atoms with Gasteiger partial charge in [-0.05, 0) is 6.92 Å². The molecule has 2 nitrogen and oxygen atoms in total. The molecule has 2 N–H and O–H groups in total. The Balaban J connectivity index is 2.99. The van der Waals surface area contributed by atoms with Crippen molar-refractivity contribution in [1.29, 1.82) is 0 Å². The monoisotopic (exact) mass is 172 g/mol. The lowest BCUT2D eigenvalue weighted by atomic mass is 10.1. The summed E-state index contributed by atoms with van der Waals surface area (Å²) in [5, 5.41) is 15.6. The summed E-state index contributed by atoms with van der Waals surface area (Å²) in [4.78, 5) is 0. The van der Waals surface area contributed by atoms with Crippen molar-refractivity contribution in [3.8, 4) is 0 Å². The topological polar surface area (TPSA) is 40.5 Å². The Labute approximate surface area is 70.1 Å². The summed E-state index contributed by atoms with van der Waals surface area (Å²) in [7, 11) is 0. The first-order chi connectivity index (χ1) is 5.00. The van der Waals surface area contributed by atoms with Crippen molar-refractivity contribution in [1.82, 2.24) is 0 Å². The molecule has 0 bridgehead atoms. The third-order valence-electron chi connectivity index (χ3n) is 1.42. The summed E-state index contributed by atoms with van der Waals surface area (Å²) in [5.41, 5.74) is 1.33. The van der Waals surface area contributed by atoms with E-state index in [2.05, 4.69) is 0 Å². The normalized spacial score (nSPS) is 11.6. The first-order valence-electron chi connectivity index (χ1n) is 3.21. The molecule has 0 aromatic heterocycles. The van der Waals surface area contributed by atoms with Crippen molar-refractivity contribution >= 4 is 11.6 Å². The van der Waals surface area contributed by atoms with Gasteiger partial charge >= 0.3 is 0 Å². The molecular formula is C8H9ClO2. The minimum atomic E-state index is -2.24. The molecule has 0 amide bonds. The van der Waals surface area contributed by atoms with Gasteiger partial charge in [-0.1, -0.05) is 41.4 Å². The molecule has 0 aliphatic carbocycles. The van der Waals surface area contributed by atoms with E-state index in [0.717, 1.165) is 5.56 Å². The second-order valence-corrected chi connectivity index (χ2v) is 2.98. The maximum atomic E-state index is 8.90. The number of benzene rings is 1. The van der Waals surface area contributed by atoms with Gasteiger partial charge < -0.3 is 10.2 Å². The van der Waals surface area contributed by atoms with Crippen LogP contribution in [0.1, 0.15) is 11.1 Å². The van der Waals surface area contributed by atoms with Crippen LogP contribution in [0.5, 0.6) is 0 Å². The SMILES string of the molecule is Cc1ccc(C(O)(O)Cl)cc1. The van der Waals surface area contributed by atoms with E-state index >= 15 is 0 Å². The minimum Gasteiger partial charge on any atom is -0.350 e. The van der Waals surface area contributed by atoms with Gasteiger partial charge in [-0.2, -0.15) is 0 Å². The molecule has 0 aliphatic heterocycles. The molecule has 1 rings (SSSR count). The number of aliphatic hydroxyl groups is 2. The van der Waals surface area contributed by atoms with Crippen LogP contribution in [-0.4, -0.2) is 10.2 Å². The quantitative estimate of drug-likeness (QED) is 0.496. The fourth-order valence-corrected chi connectivity index (χ4v) is 0.892. The molecule has 0 saturated carbocycles. The van der Waals surface area contributed by atoms with Crippen molar-refractivity contribution in [2.24, 2.45) is 0 Å². The number of halogens is 1. The zero-order chi connectivity index (χ0) is 8.48. The lowest BCUT2D eigenvalue weighted by Gasteiger charge is -2.12. The van der Waals surface area contributed by atoms with Gasteiger partial charge in [-0.25, -0.2) is 0 Å². The summed E-state index contributed by atoms with van der Waals surface area (Å²) in [6.45, 7) is 1.91. The summed E-state index contributed by atoms with van der Waals surface area (Å²) >= 11 is 5.22. The van der Waals surface area contributed by atoms with E-state index in [0.29, 0.717) is 0 Å². The van der Waals surface area contributed by atoms with Crippen LogP contribution >= 0.6 is 11.6 Å². The summed E-state index contributed by atoms with van der Waals surface area (Å²) in [5.74, 6) is 0. The second-order valence-electron chi connectivity index (χ2n) is 2.45. The highest BCUT2D eigenvalue weighted by molar-refractivity contribution is 6.21. The summed E-state index contributed by atoms with van der Waals surface area (Å²) in [6, 6.07) is 6.67. The lowest BCUT2D eigenvalue weighted by Crippen LogP contribution is -2.15. The van der Waals surface area contributed by atoms with Gasteiger partial charge in [-0.3, -0.25) is 0 Å². The Kier molecular flexibility index (Phi) is 2.18. The van der Waals surface area contributed by atoms with E-state index in [1.807, 2.05) is 6.92 Å². The predicted molar refractivity (Wildman–Crippen MR) is 43.1 cm³/mol. The van der Waals surface area contributed by atoms with Crippen molar-refractivity contribution < 1.29 is 10.2 Å². The molecule has 3 heteroatoms. The van der Waals surface area contributed by atoms with E-state index in [-0.39, 0.29) is 5.56 Å². The third kappa shape index (κ3) is 2.19. The number of hydrogen-bond donors (Lipinski definition) is 2. The van der Waals surface area contributed by atoms with Crippen LogP contribution in [0.2, 0.25) is 0 Å². The molecule has 1 aromatic rings. The van der Waals surface area contributed by atoms with Gasteiger partial charge in [0.25, 0.3) is 5.25 Å². The number of rotatable bonds is 1. The highest BCUT2D eigenvalue weighted by Crippen LogP contribution is 2.21. The average molecular weight is 173 g/mol. The average Bonchev–Trinajstić information content (AvgIpc) is 1.86. The van der Waals surface area contributed by atoms with E-state index in [9.17, 15) is 0 Å². The van der Waals surface area contributed by atoms with Gasteiger partial charge in [0.15, 0.2) is 0 Å². The van der Waals surface area contributed by atoms with Gasteiger partial charge in [0.1, 0.15) is 0 Å². The van der Waals surface area contributed by atoms with Gasteiger partial charge in [0.05, 0.1) is 0 Å². The Morgan fingerprint density at radius 3 is 2.00 bits per heavy atom. The molecule has 0 unspecified atom stereocenters. The second kappa shape index (κ2) is 2.81. The fraction of sp³-hybridized carbons (Fsp3) is 0.250. The Morgan fingerprint density at radius 2 is 1.64 bits per heavy atom. The van der Waals surface area contributed by atoms with Crippen LogP contribution in [0.25, 0.3) is 0 Å². The molecule has 11 heavy (non-hydrogen) atoms. The lowest BCUT2D eigenvalue weighted by molar-refractivity contribution is -0.0902. The highest BCUT2D eigenvalue weighted by Gasteiger charge is 2.20. The Hall–Kier alpha value is -0.570. The van der Waals surface area contributed by atoms with E-state index in [1.54, 1.807) is 24.3 Å². The largest absolute Gasteiger partial charge is 0.350 e. The standard InChI is InChI=1S/C8H9ClO2/c1-6-2-4-7(5-3-6)8(9,10)11/h2-5,10-11H,1H3. The van der Waals surface area contributed by atoms with Gasteiger partial charge in [0.2, 0.25) is 0 Å². The summed E-state index contributed by atoms with van der Waals surface area (Å²) < 4.78 is 0. The molecule has 0 saturated heterocycles. The van der Waals surface area contributed by atoms with Crippen molar-refractivity contribution in [3.63, 3.8) is 0 Å².